The van der Waals surface area contributed by atoms with Crippen molar-refractivity contribution in [3.63, 3.8) is 0 Å². The Balaban J connectivity index is 1.87. The van der Waals surface area contributed by atoms with Gasteiger partial charge in [0, 0.05) is 6.42 Å². The van der Waals surface area contributed by atoms with Gasteiger partial charge in [-0.2, -0.15) is 5.26 Å². The van der Waals surface area contributed by atoms with Crippen LogP contribution >= 0.6 is 0 Å². The summed E-state index contributed by atoms with van der Waals surface area (Å²) in [5.74, 6) is 1.91. The zero-order chi connectivity index (χ0) is 13.1. The average molecular weight is 258 g/mol. The van der Waals surface area contributed by atoms with Gasteiger partial charge in [0.1, 0.15) is 0 Å². The SMILES string of the molecule is N#CC(c1ccc2c(c1)OCCCO2)C1CCNC1. The molecular formula is C15H18N2O2. The van der Waals surface area contributed by atoms with Crippen molar-refractivity contribution < 1.29 is 9.47 Å². The summed E-state index contributed by atoms with van der Waals surface area (Å²) in [6.07, 6.45) is 1.96. The second kappa shape index (κ2) is 5.50. The van der Waals surface area contributed by atoms with Crippen molar-refractivity contribution in [2.75, 3.05) is 26.3 Å². The van der Waals surface area contributed by atoms with E-state index in [4.69, 9.17) is 9.47 Å². The minimum absolute atomic E-state index is 0.0628. The third-order valence-electron chi connectivity index (χ3n) is 3.84. The van der Waals surface area contributed by atoms with E-state index in [1.54, 1.807) is 0 Å². The van der Waals surface area contributed by atoms with Crippen LogP contribution in [0.4, 0.5) is 0 Å². The number of nitrogens with zero attached hydrogens (tertiary/aromatic N) is 1. The Morgan fingerprint density at radius 1 is 1.26 bits per heavy atom. The Kier molecular flexibility index (Phi) is 3.56. The van der Waals surface area contributed by atoms with Gasteiger partial charge in [0.15, 0.2) is 11.5 Å². The summed E-state index contributed by atoms with van der Waals surface area (Å²) in [6, 6.07) is 8.36. The first-order chi connectivity index (χ1) is 9.38. The van der Waals surface area contributed by atoms with E-state index >= 15 is 0 Å². The lowest BCUT2D eigenvalue weighted by molar-refractivity contribution is 0.297. The van der Waals surface area contributed by atoms with E-state index < -0.39 is 0 Å². The van der Waals surface area contributed by atoms with Gasteiger partial charge in [0.25, 0.3) is 0 Å². The molecule has 0 amide bonds. The van der Waals surface area contributed by atoms with E-state index in [0.29, 0.717) is 19.1 Å². The lowest BCUT2D eigenvalue weighted by Gasteiger charge is -2.17. The van der Waals surface area contributed by atoms with Gasteiger partial charge in [0.2, 0.25) is 0 Å². The number of hydrogen-bond donors (Lipinski definition) is 1. The first kappa shape index (κ1) is 12.3. The molecule has 1 fully saturated rings. The van der Waals surface area contributed by atoms with Gasteiger partial charge in [-0.05, 0) is 43.1 Å². The Bertz CT molecular complexity index is 489. The van der Waals surface area contributed by atoms with Crippen molar-refractivity contribution in [1.82, 2.24) is 5.32 Å². The molecule has 2 unspecified atom stereocenters. The van der Waals surface area contributed by atoms with E-state index in [9.17, 15) is 5.26 Å². The van der Waals surface area contributed by atoms with E-state index in [2.05, 4.69) is 11.4 Å². The maximum absolute atomic E-state index is 9.45. The lowest BCUT2D eigenvalue weighted by Crippen LogP contribution is -2.15. The molecular weight excluding hydrogens is 240 g/mol. The monoisotopic (exact) mass is 258 g/mol. The molecule has 0 aromatic heterocycles. The number of hydrogen-bond acceptors (Lipinski definition) is 4. The van der Waals surface area contributed by atoms with E-state index in [1.807, 2.05) is 18.2 Å². The minimum atomic E-state index is -0.0628. The molecule has 1 N–H and O–H groups in total. The molecule has 2 heterocycles. The predicted octanol–water partition coefficient (Wildman–Crippen LogP) is 2.06. The van der Waals surface area contributed by atoms with Crippen molar-refractivity contribution in [2.45, 2.75) is 18.8 Å². The molecule has 4 heteroatoms. The number of nitrogens with one attached hydrogen (secondary N) is 1. The molecule has 1 aromatic carbocycles. The fourth-order valence-corrected chi connectivity index (χ4v) is 2.79. The predicted molar refractivity (Wildman–Crippen MR) is 71.4 cm³/mol. The van der Waals surface area contributed by atoms with Crippen LogP contribution in [-0.4, -0.2) is 26.3 Å². The lowest BCUT2D eigenvalue weighted by atomic mass is 9.86. The van der Waals surface area contributed by atoms with E-state index in [-0.39, 0.29) is 5.92 Å². The molecule has 2 atom stereocenters. The zero-order valence-corrected chi connectivity index (χ0v) is 10.9. The minimum Gasteiger partial charge on any atom is -0.490 e. The summed E-state index contributed by atoms with van der Waals surface area (Å²) < 4.78 is 11.3. The van der Waals surface area contributed by atoms with Crippen molar-refractivity contribution in [1.29, 1.82) is 5.26 Å². The van der Waals surface area contributed by atoms with E-state index in [0.717, 1.165) is 43.0 Å². The highest BCUT2D eigenvalue weighted by Gasteiger charge is 2.27. The number of fused-ring (bicyclic) bond motifs is 1. The third kappa shape index (κ3) is 2.52. The molecule has 2 aliphatic heterocycles. The molecule has 1 saturated heterocycles. The summed E-state index contributed by atoms with van der Waals surface area (Å²) in [6.45, 7) is 3.30. The largest absolute Gasteiger partial charge is 0.490 e. The number of nitriles is 1. The first-order valence-electron chi connectivity index (χ1n) is 6.88. The maximum atomic E-state index is 9.45. The van der Waals surface area contributed by atoms with Crippen LogP contribution in [0.2, 0.25) is 0 Å². The van der Waals surface area contributed by atoms with Gasteiger partial charge >= 0.3 is 0 Å². The summed E-state index contributed by atoms with van der Waals surface area (Å²) in [7, 11) is 0. The Labute approximate surface area is 113 Å². The van der Waals surface area contributed by atoms with Crippen LogP contribution in [0.5, 0.6) is 11.5 Å². The summed E-state index contributed by atoms with van der Waals surface area (Å²) in [5.41, 5.74) is 1.04. The van der Waals surface area contributed by atoms with Crippen LogP contribution in [0.1, 0.15) is 24.3 Å². The van der Waals surface area contributed by atoms with Crippen LogP contribution in [0.15, 0.2) is 18.2 Å². The van der Waals surface area contributed by atoms with Crippen LogP contribution in [-0.2, 0) is 0 Å². The van der Waals surface area contributed by atoms with Gasteiger partial charge in [-0.15, -0.1) is 0 Å². The van der Waals surface area contributed by atoms with Gasteiger partial charge in [-0.1, -0.05) is 6.07 Å². The van der Waals surface area contributed by atoms with Crippen LogP contribution < -0.4 is 14.8 Å². The second-order valence-electron chi connectivity index (χ2n) is 5.12. The van der Waals surface area contributed by atoms with Crippen molar-refractivity contribution in [3.8, 4) is 17.6 Å². The van der Waals surface area contributed by atoms with Crippen molar-refractivity contribution in [3.05, 3.63) is 23.8 Å². The highest BCUT2D eigenvalue weighted by atomic mass is 16.5. The van der Waals surface area contributed by atoms with Gasteiger partial charge in [-0.25, -0.2) is 0 Å². The normalized spacial score (nSPS) is 23.4. The summed E-state index contributed by atoms with van der Waals surface area (Å²) in [5, 5.41) is 12.8. The Hall–Kier alpha value is -1.73. The quantitative estimate of drug-likeness (QED) is 0.882. The topological polar surface area (TPSA) is 54.3 Å². The molecule has 2 aliphatic rings. The molecule has 3 rings (SSSR count). The van der Waals surface area contributed by atoms with Crippen LogP contribution in [0, 0.1) is 17.2 Å². The number of ether oxygens (including phenoxy) is 2. The molecule has 0 spiro atoms. The smallest absolute Gasteiger partial charge is 0.161 e. The molecule has 19 heavy (non-hydrogen) atoms. The highest BCUT2D eigenvalue weighted by Crippen LogP contribution is 2.36. The number of benzene rings is 1. The van der Waals surface area contributed by atoms with E-state index in [1.165, 1.54) is 0 Å². The molecule has 100 valence electrons. The average Bonchev–Trinajstić information content (AvgIpc) is 2.85. The van der Waals surface area contributed by atoms with Gasteiger partial charge in [0.05, 0.1) is 25.2 Å². The zero-order valence-electron chi connectivity index (χ0n) is 10.9. The number of rotatable bonds is 2. The van der Waals surface area contributed by atoms with Gasteiger partial charge < -0.3 is 14.8 Å². The summed E-state index contributed by atoms with van der Waals surface area (Å²) >= 11 is 0. The van der Waals surface area contributed by atoms with Crippen molar-refractivity contribution >= 4 is 0 Å². The molecule has 1 aromatic rings. The third-order valence-corrected chi connectivity index (χ3v) is 3.84. The fourth-order valence-electron chi connectivity index (χ4n) is 2.79. The Morgan fingerprint density at radius 3 is 2.84 bits per heavy atom. The highest BCUT2D eigenvalue weighted by molar-refractivity contribution is 5.45. The first-order valence-corrected chi connectivity index (χ1v) is 6.88. The van der Waals surface area contributed by atoms with Crippen LogP contribution in [0.25, 0.3) is 0 Å². The molecule has 0 saturated carbocycles. The summed E-state index contributed by atoms with van der Waals surface area (Å²) in [4.78, 5) is 0. The molecule has 0 bridgehead atoms. The fraction of sp³-hybridized carbons (Fsp3) is 0.533. The van der Waals surface area contributed by atoms with Gasteiger partial charge in [-0.3, -0.25) is 0 Å². The molecule has 4 nitrogen and oxygen atoms in total. The van der Waals surface area contributed by atoms with Crippen LogP contribution in [0.3, 0.4) is 0 Å². The molecule has 0 aliphatic carbocycles. The maximum Gasteiger partial charge on any atom is 0.161 e. The van der Waals surface area contributed by atoms with Crippen molar-refractivity contribution in [2.24, 2.45) is 5.92 Å². The standard InChI is InChI=1S/C15H18N2O2/c16-9-13(12-4-5-17-10-12)11-2-3-14-15(8-11)19-7-1-6-18-14/h2-3,8,12-13,17H,1,4-7,10H2. The molecule has 0 radical (unpaired) electrons. The Morgan fingerprint density at radius 2 is 2.11 bits per heavy atom. The second-order valence-corrected chi connectivity index (χ2v) is 5.12.